The SMILES string of the molecule is Cc1ccnc(-n2c3[c-]c([Si](c4[c-]c(N5[OH+]N(C(C)C)c6ccccc65)ccc4)(c4ccccc4)c4ccccc4)ccc3c3ccccc32)c1.[Pt]. The summed E-state index contributed by atoms with van der Waals surface area (Å²) in [5.41, 5.74) is 6.35. The van der Waals surface area contributed by atoms with Crippen molar-refractivity contribution in [3.8, 4) is 5.82 Å². The van der Waals surface area contributed by atoms with Crippen molar-refractivity contribution in [3.05, 3.63) is 176 Å². The number of aromatic nitrogens is 2. The van der Waals surface area contributed by atoms with Gasteiger partial charge in [0.05, 0.1) is 6.04 Å². The average Bonchev–Trinajstić information content (AvgIpc) is 3.73. The molecule has 6 aromatic carbocycles. The van der Waals surface area contributed by atoms with Crippen LogP contribution in [0.1, 0.15) is 19.4 Å². The van der Waals surface area contributed by atoms with Gasteiger partial charge in [-0.3, -0.25) is 0 Å². The van der Waals surface area contributed by atoms with Gasteiger partial charge in [-0.2, -0.15) is 51.7 Å². The van der Waals surface area contributed by atoms with Gasteiger partial charge < -0.3 is 4.57 Å². The van der Waals surface area contributed by atoms with Crippen molar-refractivity contribution in [1.82, 2.24) is 9.55 Å². The number of para-hydroxylation sites is 3. The fraction of sp³-hybridized carbons (Fsp3) is 0.0889. The molecule has 0 spiro atoms. The summed E-state index contributed by atoms with van der Waals surface area (Å²) in [6.07, 6.45) is 1.89. The van der Waals surface area contributed by atoms with Gasteiger partial charge in [-0.25, -0.2) is 4.98 Å². The Morgan fingerprint density at radius 3 is 2.00 bits per heavy atom. The number of hydroxylamine groups is 1. The zero-order valence-electron chi connectivity index (χ0n) is 29.1. The Morgan fingerprint density at radius 1 is 0.635 bits per heavy atom. The van der Waals surface area contributed by atoms with Crippen LogP contribution in [-0.2, 0) is 21.1 Å². The van der Waals surface area contributed by atoms with Crippen molar-refractivity contribution in [2.24, 2.45) is 0 Å². The largest absolute Gasteiger partial charge is 0.319 e. The van der Waals surface area contributed by atoms with E-state index in [1.165, 1.54) is 15.8 Å². The minimum absolute atomic E-state index is 0. The van der Waals surface area contributed by atoms with Crippen LogP contribution in [0.2, 0.25) is 0 Å². The average molecular weight is 873 g/mol. The summed E-state index contributed by atoms with van der Waals surface area (Å²) in [6.45, 7) is 6.46. The molecule has 1 aliphatic heterocycles. The summed E-state index contributed by atoms with van der Waals surface area (Å²) in [4.78, 5) is 9.99. The Morgan fingerprint density at radius 2 is 1.29 bits per heavy atom. The van der Waals surface area contributed by atoms with E-state index in [9.17, 15) is 0 Å². The molecular formula is C45H37N4OPtSi-. The van der Waals surface area contributed by atoms with E-state index in [-0.39, 0.29) is 27.1 Å². The quantitative estimate of drug-likeness (QED) is 0.0715. The Hall–Kier alpha value is -5.26. The summed E-state index contributed by atoms with van der Waals surface area (Å²) in [6, 6.07) is 62.6. The number of hydrogen-bond acceptors (Lipinski definition) is 3. The normalized spacial score (nSPS) is 12.8. The molecule has 1 N–H and O–H groups in total. The Kier molecular flexibility index (Phi) is 8.92. The Balaban J connectivity index is 0.00000387. The van der Waals surface area contributed by atoms with Crippen LogP contribution in [0.4, 0.5) is 17.1 Å². The maximum Gasteiger partial charge on any atom is 0.145 e. The number of pyridine rings is 1. The van der Waals surface area contributed by atoms with E-state index in [2.05, 4.69) is 188 Å². The first-order chi connectivity index (χ1) is 25.0. The van der Waals surface area contributed by atoms with Crippen molar-refractivity contribution in [3.63, 3.8) is 0 Å². The summed E-state index contributed by atoms with van der Waals surface area (Å²) in [7, 11) is -3.04. The van der Waals surface area contributed by atoms with Gasteiger partial charge in [0, 0.05) is 38.5 Å². The third-order valence-electron chi connectivity index (χ3n) is 9.97. The summed E-state index contributed by atoms with van der Waals surface area (Å²) < 4.78 is 2.27. The molecule has 5 nitrogen and oxygen atoms in total. The van der Waals surface area contributed by atoms with E-state index < -0.39 is 8.07 Å². The molecule has 0 radical (unpaired) electrons. The van der Waals surface area contributed by atoms with E-state index in [1.807, 2.05) is 17.3 Å². The number of fused-ring (bicyclic) bond motifs is 4. The molecule has 7 heteroatoms. The molecule has 3 heterocycles. The summed E-state index contributed by atoms with van der Waals surface area (Å²) in [5.74, 6) is 0.888. The topological polar surface area (TPSA) is 37.1 Å². The zero-order valence-corrected chi connectivity index (χ0v) is 32.4. The van der Waals surface area contributed by atoms with Gasteiger partial charge >= 0.3 is 0 Å². The van der Waals surface area contributed by atoms with Crippen LogP contribution >= 0.6 is 0 Å². The van der Waals surface area contributed by atoms with Gasteiger partial charge in [-0.15, -0.1) is 21.6 Å². The smallest absolute Gasteiger partial charge is 0.145 e. The number of benzene rings is 6. The van der Waals surface area contributed by atoms with Crippen molar-refractivity contribution in [2.75, 3.05) is 10.1 Å². The second-order valence-electron chi connectivity index (χ2n) is 13.4. The second-order valence-corrected chi connectivity index (χ2v) is 17.2. The van der Waals surface area contributed by atoms with Crippen molar-refractivity contribution in [2.45, 2.75) is 26.8 Å². The van der Waals surface area contributed by atoms with Gasteiger partial charge in [0.15, 0.2) is 0 Å². The first kappa shape index (κ1) is 33.9. The molecule has 0 bridgehead atoms. The van der Waals surface area contributed by atoms with Crippen molar-refractivity contribution >= 4 is 67.7 Å². The molecule has 258 valence electrons. The number of rotatable bonds is 7. The van der Waals surface area contributed by atoms with E-state index in [0.717, 1.165) is 55.2 Å². The molecule has 8 aromatic rings. The molecule has 0 fully saturated rings. The molecule has 0 amide bonds. The maximum absolute atomic E-state index is 5.12. The van der Waals surface area contributed by atoms with Crippen LogP contribution in [0, 0.1) is 19.1 Å². The van der Waals surface area contributed by atoms with Crippen LogP contribution in [0.3, 0.4) is 0 Å². The van der Waals surface area contributed by atoms with Gasteiger partial charge in [-0.05, 0) is 72.4 Å². The first-order valence-corrected chi connectivity index (χ1v) is 19.5. The molecule has 0 unspecified atom stereocenters. The Bertz CT molecular complexity index is 2500. The van der Waals surface area contributed by atoms with Crippen LogP contribution in [0.15, 0.2) is 158 Å². The molecule has 0 aliphatic carbocycles. The van der Waals surface area contributed by atoms with E-state index in [0.29, 0.717) is 0 Å². The number of aryl methyl sites for hydroxylation is 1. The van der Waals surface area contributed by atoms with Gasteiger partial charge in [-0.1, -0.05) is 96.5 Å². The second kappa shape index (κ2) is 13.7. The minimum Gasteiger partial charge on any atom is -0.319 e. The van der Waals surface area contributed by atoms with Crippen LogP contribution < -0.4 is 30.9 Å². The number of nitrogens with zero attached hydrogens (tertiary/aromatic N) is 4. The van der Waals surface area contributed by atoms with Crippen LogP contribution in [0.5, 0.6) is 0 Å². The monoisotopic (exact) mass is 872 g/mol. The molecule has 1 aliphatic rings. The third-order valence-corrected chi connectivity index (χ3v) is 14.6. The number of anilines is 3. The standard InChI is InChI=1S/C45H36N4OSi.Pt/c1-32(2)48-42-23-12-13-24-43(42)49(50-48)34-15-14-20-37(30-34)51(35-16-6-4-7-17-35,36-18-8-5-9-19-36)38-25-26-40-39-21-10-11-22-41(39)47(44(40)31-38)45-29-33(3)27-28-46-45;/h4-29,32H,1-3H3;/q-2;/p+1. The minimum atomic E-state index is -3.04. The predicted molar refractivity (Wildman–Crippen MR) is 213 cm³/mol. The molecule has 52 heavy (non-hydrogen) atoms. The van der Waals surface area contributed by atoms with Crippen LogP contribution in [0.25, 0.3) is 27.6 Å². The Labute approximate surface area is 319 Å². The fourth-order valence-corrected chi connectivity index (χ4v) is 12.2. The van der Waals surface area contributed by atoms with Gasteiger partial charge in [0.2, 0.25) is 0 Å². The van der Waals surface area contributed by atoms with Crippen molar-refractivity contribution < 1.29 is 26.0 Å². The van der Waals surface area contributed by atoms with E-state index in [4.69, 9.17) is 9.92 Å². The molecular weight excluding hydrogens is 836 g/mol. The zero-order chi connectivity index (χ0) is 34.5. The van der Waals surface area contributed by atoms with E-state index >= 15 is 0 Å². The molecule has 9 rings (SSSR count). The molecule has 0 saturated carbocycles. The summed E-state index contributed by atoms with van der Waals surface area (Å²) in [5, 5.41) is 11.3. The van der Waals surface area contributed by atoms with Gasteiger partial charge in [0.25, 0.3) is 0 Å². The first-order valence-electron chi connectivity index (χ1n) is 17.5. The molecule has 0 atom stereocenters. The third kappa shape index (κ3) is 5.41. The fourth-order valence-electron chi connectivity index (χ4n) is 7.69. The summed E-state index contributed by atoms with van der Waals surface area (Å²) >= 11 is 0. The van der Waals surface area contributed by atoms with E-state index in [1.54, 1.807) is 0 Å². The maximum atomic E-state index is 5.12. The number of hydrogen-bond donors (Lipinski definition) is 0. The molecule has 0 saturated heterocycles. The van der Waals surface area contributed by atoms with Crippen molar-refractivity contribution in [1.29, 1.82) is 0 Å². The molecule has 2 aromatic heterocycles. The van der Waals surface area contributed by atoms with Crippen LogP contribution in [-0.4, -0.2) is 28.6 Å². The van der Waals surface area contributed by atoms with Gasteiger partial charge in [0.1, 0.15) is 25.3 Å². The predicted octanol–water partition coefficient (Wildman–Crippen LogP) is 7.67.